The molecule has 3 rings (SSSR count). The molecule has 4 nitrogen and oxygen atoms in total. The molecule has 1 fully saturated rings. The normalized spacial score (nSPS) is 17.8. The van der Waals surface area contributed by atoms with Gasteiger partial charge in [-0.25, -0.2) is 0 Å². The van der Waals surface area contributed by atoms with Gasteiger partial charge in [0.15, 0.2) is 0 Å². The highest BCUT2D eigenvalue weighted by Crippen LogP contribution is 2.23. The van der Waals surface area contributed by atoms with Crippen LogP contribution < -0.4 is 4.74 Å². The van der Waals surface area contributed by atoms with Crippen LogP contribution in [0.4, 0.5) is 0 Å². The second-order valence-corrected chi connectivity index (χ2v) is 7.11. The van der Waals surface area contributed by atoms with Crippen molar-refractivity contribution >= 4 is 5.91 Å². The molecule has 1 atom stereocenters. The summed E-state index contributed by atoms with van der Waals surface area (Å²) < 4.78 is 5.97. The van der Waals surface area contributed by atoms with Crippen LogP contribution in [0.5, 0.6) is 5.75 Å². The molecule has 0 N–H and O–H groups in total. The maximum atomic E-state index is 13.1. The number of rotatable bonds is 5. The van der Waals surface area contributed by atoms with Crippen LogP contribution in [0.1, 0.15) is 35.2 Å². The van der Waals surface area contributed by atoms with Gasteiger partial charge in [0.1, 0.15) is 12.4 Å². The van der Waals surface area contributed by atoms with Crippen LogP contribution >= 0.6 is 0 Å². The lowest BCUT2D eigenvalue weighted by Crippen LogP contribution is -2.34. The molecule has 0 saturated carbocycles. The van der Waals surface area contributed by atoms with Gasteiger partial charge >= 0.3 is 0 Å². The lowest BCUT2D eigenvalue weighted by Gasteiger charge is -2.24. The van der Waals surface area contributed by atoms with Gasteiger partial charge in [0, 0.05) is 19.1 Å². The van der Waals surface area contributed by atoms with Gasteiger partial charge in [0.2, 0.25) is 0 Å². The lowest BCUT2D eigenvalue weighted by atomic mass is 10.1. The third kappa shape index (κ3) is 4.64. The Hall–Kier alpha value is -2.33. The highest BCUT2D eigenvalue weighted by atomic mass is 16.5. The molecular weight excluding hydrogens is 324 g/mol. The van der Waals surface area contributed by atoms with Gasteiger partial charge in [0.05, 0.1) is 5.56 Å². The first-order valence-corrected chi connectivity index (χ1v) is 9.36. The summed E-state index contributed by atoms with van der Waals surface area (Å²) in [6.07, 6.45) is 3.20. The zero-order chi connectivity index (χ0) is 18.4. The Morgan fingerprint density at radius 3 is 2.54 bits per heavy atom. The Balaban J connectivity index is 1.69. The van der Waals surface area contributed by atoms with E-state index in [1.807, 2.05) is 59.5 Å². The molecule has 0 spiro atoms. The van der Waals surface area contributed by atoms with Crippen LogP contribution in [0.25, 0.3) is 0 Å². The summed E-state index contributed by atoms with van der Waals surface area (Å²) in [4.78, 5) is 17.3. The Bertz CT molecular complexity index is 715. The Kier molecular flexibility index (Phi) is 6.29. The number of hydrogen-bond donors (Lipinski definition) is 0. The molecule has 0 radical (unpaired) electrons. The third-order valence-corrected chi connectivity index (χ3v) is 5.07. The molecular formula is C22H28N2O2. The number of likely N-dealkylation sites (tertiary alicyclic amines) is 1. The van der Waals surface area contributed by atoms with E-state index < -0.39 is 0 Å². The first kappa shape index (κ1) is 18.5. The van der Waals surface area contributed by atoms with Crippen molar-refractivity contribution in [3.63, 3.8) is 0 Å². The average molecular weight is 352 g/mol. The summed E-state index contributed by atoms with van der Waals surface area (Å²) in [5.74, 6) is 0.739. The minimum absolute atomic E-state index is 0.0769. The highest BCUT2D eigenvalue weighted by Gasteiger charge is 2.24. The van der Waals surface area contributed by atoms with Gasteiger partial charge in [0.25, 0.3) is 5.91 Å². The zero-order valence-corrected chi connectivity index (χ0v) is 15.7. The summed E-state index contributed by atoms with van der Waals surface area (Å²) >= 11 is 0. The van der Waals surface area contributed by atoms with Crippen LogP contribution in [0.15, 0.2) is 54.6 Å². The first-order valence-electron chi connectivity index (χ1n) is 9.36. The SMILES string of the molecule is CN(C)[C@H]1CCCN(C(=O)c2ccccc2OCc2ccccc2)CC1. The number of para-hydroxylation sites is 1. The van der Waals surface area contributed by atoms with Crippen molar-refractivity contribution in [1.82, 2.24) is 9.80 Å². The molecule has 0 unspecified atom stereocenters. The van der Waals surface area contributed by atoms with Crippen molar-refractivity contribution in [1.29, 1.82) is 0 Å². The van der Waals surface area contributed by atoms with E-state index in [1.54, 1.807) is 0 Å². The standard InChI is InChI=1S/C22H28N2O2/c1-23(2)19-11-8-15-24(16-14-19)22(25)20-12-6-7-13-21(20)26-17-18-9-4-3-5-10-18/h3-7,9-10,12-13,19H,8,11,14-17H2,1-2H3/t19-/m0/s1. The van der Waals surface area contributed by atoms with Gasteiger partial charge in [-0.05, 0) is 51.1 Å². The fraction of sp³-hybridized carbons (Fsp3) is 0.409. The fourth-order valence-corrected chi connectivity index (χ4v) is 3.47. The van der Waals surface area contributed by atoms with Crippen molar-refractivity contribution in [2.75, 3.05) is 27.2 Å². The molecule has 2 aromatic carbocycles. The van der Waals surface area contributed by atoms with E-state index in [0.717, 1.165) is 37.9 Å². The summed E-state index contributed by atoms with van der Waals surface area (Å²) in [6.45, 7) is 2.08. The number of nitrogens with zero attached hydrogens (tertiary/aromatic N) is 2. The predicted octanol–water partition coefficient (Wildman–Crippen LogP) is 3.82. The third-order valence-electron chi connectivity index (χ3n) is 5.07. The van der Waals surface area contributed by atoms with E-state index >= 15 is 0 Å². The van der Waals surface area contributed by atoms with Gasteiger partial charge < -0.3 is 14.5 Å². The van der Waals surface area contributed by atoms with Crippen LogP contribution in [-0.2, 0) is 6.61 Å². The smallest absolute Gasteiger partial charge is 0.257 e. The van der Waals surface area contributed by atoms with E-state index in [2.05, 4.69) is 19.0 Å². The minimum Gasteiger partial charge on any atom is -0.488 e. The number of carbonyl (C=O) groups excluding carboxylic acids is 1. The first-order chi connectivity index (χ1) is 12.6. The van der Waals surface area contributed by atoms with E-state index in [4.69, 9.17) is 4.74 Å². The molecule has 2 aromatic rings. The predicted molar refractivity (Wildman–Crippen MR) is 104 cm³/mol. The van der Waals surface area contributed by atoms with E-state index in [-0.39, 0.29) is 5.91 Å². The van der Waals surface area contributed by atoms with Crippen molar-refractivity contribution in [2.45, 2.75) is 31.9 Å². The van der Waals surface area contributed by atoms with Gasteiger partial charge in [-0.15, -0.1) is 0 Å². The number of carbonyl (C=O) groups is 1. The van der Waals surface area contributed by atoms with E-state index in [1.165, 1.54) is 0 Å². The van der Waals surface area contributed by atoms with Crippen LogP contribution in [0.2, 0.25) is 0 Å². The van der Waals surface area contributed by atoms with Crippen molar-refractivity contribution in [2.24, 2.45) is 0 Å². The molecule has 1 aliphatic heterocycles. The van der Waals surface area contributed by atoms with Crippen molar-refractivity contribution in [3.8, 4) is 5.75 Å². The monoisotopic (exact) mass is 352 g/mol. The minimum atomic E-state index is 0.0769. The summed E-state index contributed by atoms with van der Waals surface area (Å²) in [7, 11) is 4.24. The number of amides is 1. The van der Waals surface area contributed by atoms with Gasteiger partial charge in [-0.3, -0.25) is 4.79 Å². The molecule has 0 aliphatic carbocycles. The second kappa shape index (κ2) is 8.86. The van der Waals surface area contributed by atoms with E-state index in [9.17, 15) is 4.79 Å². The van der Waals surface area contributed by atoms with Crippen LogP contribution in [-0.4, -0.2) is 48.9 Å². The van der Waals surface area contributed by atoms with Crippen molar-refractivity contribution in [3.05, 3.63) is 65.7 Å². The lowest BCUT2D eigenvalue weighted by molar-refractivity contribution is 0.0753. The quantitative estimate of drug-likeness (QED) is 0.820. The Labute approximate surface area is 156 Å². The second-order valence-electron chi connectivity index (χ2n) is 7.11. The Morgan fingerprint density at radius 1 is 1.04 bits per heavy atom. The molecule has 0 bridgehead atoms. The molecule has 1 amide bonds. The highest BCUT2D eigenvalue weighted by molar-refractivity contribution is 5.97. The molecule has 4 heteroatoms. The van der Waals surface area contributed by atoms with Gasteiger partial charge in [-0.1, -0.05) is 42.5 Å². The largest absolute Gasteiger partial charge is 0.488 e. The van der Waals surface area contributed by atoms with Crippen LogP contribution in [0, 0.1) is 0 Å². The molecule has 1 saturated heterocycles. The molecule has 1 heterocycles. The van der Waals surface area contributed by atoms with E-state index in [0.29, 0.717) is 24.0 Å². The molecule has 0 aromatic heterocycles. The van der Waals surface area contributed by atoms with Gasteiger partial charge in [-0.2, -0.15) is 0 Å². The molecule has 1 aliphatic rings. The zero-order valence-electron chi connectivity index (χ0n) is 15.7. The number of ether oxygens (including phenoxy) is 1. The summed E-state index contributed by atoms with van der Waals surface area (Å²) in [5, 5.41) is 0. The Morgan fingerprint density at radius 2 is 1.77 bits per heavy atom. The topological polar surface area (TPSA) is 32.8 Å². The molecule has 26 heavy (non-hydrogen) atoms. The van der Waals surface area contributed by atoms with Crippen LogP contribution in [0.3, 0.4) is 0 Å². The number of hydrogen-bond acceptors (Lipinski definition) is 3. The molecule has 138 valence electrons. The summed E-state index contributed by atoms with van der Waals surface area (Å²) in [6, 6.07) is 18.2. The average Bonchev–Trinajstić information content (AvgIpc) is 2.93. The summed E-state index contributed by atoms with van der Waals surface area (Å²) in [5.41, 5.74) is 1.75. The maximum Gasteiger partial charge on any atom is 0.257 e. The number of benzene rings is 2. The maximum absolute atomic E-state index is 13.1. The fourth-order valence-electron chi connectivity index (χ4n) is 3.47. The van der Waals surface area contributed by atoms with Crippen molar-refractivity contribution < 1.29 is 9.53 Å².